The summed E-state index contributed by atoms with van der Waals surface area (Å²) in [6.45, 7) is 1.70. The molecule has 2 aromatic carbocycles. The van der Waals surface area contributed by atoms with Crippen LogP contribution >= 0.6 is 11.3 Å². The molecule has 1 unspecified atom stereocenters. The highest BCUT2D eigenvalue weighted by molar-refractivity contribution is 7.10. The second-order valence-corrected chi connectivity index (χ2v) is 8.11. The predicted octanol–water partition coefficient (Wildman–Crippen LogP) is 3.46. The first-order valence-electron chi connectivity index (χ1n) is 9.54. The number of thiophene rings is 1. The van der Waals surface area contributed by atoms with Crippen molar-refractivity contribution in [1.29, 1.82) is 0 Å². The number of aryl methyl sites for hydroxylation is 1. The lowest BCUT2D eigenvalue weighted by Crippen LogP contribution is -2.41. The summed E-state index contributed by atoms with van der Waals surface area (Å²) < 4.78 is 0. The van der Waals surface area contributed by atoms with Gasteiger partial charge in [0, 0.05) is 17.0 Å². The number of anilines is 1. The lowest BCUT2D eigenvalue weighted by atomic mass is 10.1. The summed E-state index contributed by atoms with van der Waals surface area (Å²) in [4.78, 5) is 31.1. The van der Waals surface area contributed by atoms with Crippen molar-refractivity contribution in [2.75, 3.05) is 11.9 Å². The number of carbonyl (C=O) groups excluding carboxylic acids is 2. The van der Waals surface area contributed by atoms with Crippen molar-refractivity contribution >= 4 is 34.6 Å². The van der Waals surface area contributed by atoms with Crippen molar-refractivity contribution < 1.29 is 14.7 Å². The molecule has 6 nitrogen and oxygen atoms in total. The number of nitrogens with one attached hydrogen (secondary N) is 1. The molecule has 4 rings (SSSR count). The van der Waals surface area contributed by atoms with E-state index in [9.17, 15) is 14.7 Å². The van der Waals surface area contributed by atoms with Gasteiger partial charge >= 0.3 is 0 Å². The van der Waals surface area contributed by atoms with Gasteiger partial charge < -0.3 is 10.4 Å². The minimum atomic E-state index is -1.34. The quantitative estimate of drug-likeness (QED) is 0.642. The molecule has 2 N–H and O–H groups in total. The number of aliphatic hydroxyl groups is 1. The van der Waals surface area contributed by atoms with E-state index in [-0.39, 0.29) is 18.2 Å². The minimum absolute atomic E-state index is 0.257. The van der Waals surface area contributed by atoms with Gasteiger partial charge in [-0.1, -0.05) is 48.0 Å². The first-order valence-corrected chi connectivity index (χ1v) is 10.4. The standard InChI is InChI=1S/C23H21N3O3S/c1-15-7-9-18(10-8-15)24-21(27)13-26-22(28)20(25-23(26)29)12-19-11-17(14-30-19)16-5-3-2-4-6-16/h2-11,14,23,29H,12-13H2,1H3,(H,24,27). The highest BCUT2D eigenvalue weighted by Gasteiger charge is 2.34. The Hall–Kier alpha value is -3.29. The largest absolute Gasteiger partial charge is 0.355 e. The highest BCUT2D eigenvalue weighted by atomic mass is 32.1. The highest BCUT2D eigenvalue weighted by Crippen LogP contribution is 2.27. The number of aliphatic imine (C=N–C) groups is 1. The molecule has 30 heavy (non-hydrogen) atoms. The summed E-state index contributed by atoms with van der Waals surface area (Å²) in [5.74, 6) is -0.804. The molecule has 0 saturated carbocycles. The van der Waals surface area contributed by atoms with Crippen molar-refractivity contribution in [1.82, 2.24) is 4.90 Å². The Morgan fingerprint density at radius 1 is 1.13 bits per heavy atom. The molecule has 0 radical (unpaired) electrons. The van der Waals surface area contributed by atoms with Gasteiger partial charge in [-0.25, -0.2) is 4.99 Å². The van der Waals surface area contributed by atoms with E-state index in [0.717, 1.165) is 26.5 Å². The molecule has 3 aromatic rings. The molecule has 2 amide bonds. The van der Waals surface area contributed by atoms with Crippen LogP contribution in [0.5, 0.6) is 0 Å². The molecule has 1 atom stereocenters. The predicted molar refractivity (Wildman–Crippen MR) is 118 cm³/mol. The first-order chi connectivity index (χ1) is 14.5. The van der Waals surface area contributed by atoms with Gasteiger partial charge in [0.15, 0.2) is 0 Å². The van der Waals surface area contributed by atoms with E-state index in [0.29, 0.717) is 12.1 Å². The maximum absolute atomic E-state index is 12.7. The van der Waals surface area contributed by atoms with E-state index in [1.807, 2.05) is 60.8 Å². The summed E-state index contributed by atoms with van der Waals surface area (Å²) >= 11 is 1.54. The summed E-state index contributed by atoms with van der Waals surface area (Å²) in [6, 6.07) is 19.4. The van der Waals surface area contributed by atoms with Crippen molar-refractivity contribution in [2.24, 2.45) is 4.99 Å². The Kier molecular flexibility index (Phi) is 5.74. The summed E-state index contributed by atoms with van der Waals surface area (Å²) in [5.41, 5.74) is 4.16. The number of hydrogen-bond donors (Lipinski definition) is 2. The lowest BCUT2D eigenvalue weighted by Gasteiger charge is -2.18. The number of hydrogen-bond acceptors (Lipinski definition) is 5. The van der Waals surface area contributed by atoms with Crippen molar-refractivity contribution in [3.05, 3.63) is 76.5 Å². The Balaban J connectivity index is 1.38. The topological polar surface area (TPSA) is 82.0 Å². The number of aliphatic hydroxyl groups excluding tert-OH is 1. The molecule has 1 aromatic heterocycles. The van der Waals surface area contributed by atoms with E-state index >= 15 is 0 Å². The second-order valence-electron chi connectivity index (χ2n) is 7.11. The SMILES string of the molecule is Cc1ccc(NC(=O)CN2C(=O)C(Cc3cc(-c4ccccc4)cs3)=NC2O)cc1. The lowest BCUT2D eigenvalue weighted by molar-refractivity contribution is -0.135. The van der Waals surface area contributed by atoms with Crippen LogP contribution < -0.4 is 5.32 Å². The van der Waals surface area contributed by atoms with Gasteiger partial charge in [-0.2, -0.15) is 0 Å². The van der Waals surface area contributed by atoms with Crippen LogP contribution in [-0.4, -0.2) is 40.4 Å². The Morgan fingerprint density at radius 2 is 1.87 bits per heavy atom. The smallest absolute Gasteiger partial charge is 0.272 e. The minimum Gasteiger partial charge on any atom is -0.355 e. The molecule has 0 aliphatic carbocycles. The Morgan fingerprint density at radius 3 is 2.60 bits per heavy atom. The molecule has 0 fully saturated rings. The van der Waals surface area contributed by atoms with E-state index in [4.69, 9.17) is 0 Å². The monoisotopic (exact) mass is 419 g/mol. The molecular weight excluding hydrogens is 398 g/mol. The van der Waals surface area contributed by atoms with Gasteiger partial charge in [0.05, 0.1) is 0 Å². The zero-order valence-electron chi connectivity index (χ0n) is 16.4. The molecule has 0 bridgehead atoms. The van der Waals surface area contributed by atoms with E-state index in [1.165, 1.54) is 0 Å². The molecule has 0 spiro atoms. The maximum atomic E-state index is 12.7. The summed E-state index contributed by atoms with van der Waals surface area (Å²) in [7, 11) is 0. The van der Waals surface area contributed by atoms with Crippen LogP contribution in [0.3, 0.4) is 0 Å². The fourth-order valence-corrected chi connectivity index (χ4v) is 4.12. The summed E-state index contributed by atoms with van der Waals surface area (Å²) in [5, 5.41) is 14.9. The first kappa shape index (κ1) is 20.0. The van der Waals surface area contributed by atoms with Crippen LogP contribution in [-0.2, 0) is 16.0 Å². The van der Waals surface area contributed by atoms with Crippen LogP contribution in [0, 0.1) is 6.92 Å². The van der Waals surface area contributed by atoms with Crippen molar-refractivity contribution in [3.8, 4) is 11.1 Å². The third kappa shape index (κ3) is 4.48. The number of benzene rings is 2. The zero-order valence-corrected chi connectivity index (χ0v) is 17.2. The van der Waals surface area contributed by atoms with Gasteiger partial charge in [0.1, 0.15) is 12.3 Å². The molecular formula is C23H21N3O3S. The van der Waals surface area contributed by atoms with Gasteiger partial charge in [-0.3, -0.25) is 14.5 Å². The fourth-order valence-electron chi connectivity index (χ4n) is 3.22. The molecule has 7 heteroatoms. The van der Waals surface area contributed by atoms with Crippen LogP contribution in [0.25, 0.3) is 11.1 Å². The second kappa shape index (κ2) is 8.61. The van der Waals surface area contributed by atoms with Crippen molar-refractivity contribution in [2.45, 2.75) is 19.7 Å². The number of nitrogens with zero attached hydrogens (tertiary/aromatic N) is 2. The Labute approximate surface area is 178 Å². The third-order valence-electron chi connectivity index (χ3n) is 4.81. The molecule has 2 heterocycles. The third-order valence-corrected chi connectivity index (χ3v) is 5.75. The summed E-state index contributed by atoms with van der Waals surface area (Å²) in [6.07, 6.45) is -1.02. The van der Waals surface area contributed by atoms with Gasteiger partial charge in [0.2, 0.25) is 12.3 Å². The number of amides is 2. The van der Waals surface area contributed by atoms with Crippen LogP contribution in [0.1, 0.15) is 10.4 Å². The van der Waals surface area contributed by atoms with Gasteiger partial charge in [0.25, 0.3) is 5.91 Å². The zero-order chi connectivity index (χ0) is 21.1. The maximum Gasteiger partial charge on any atom is 0.272 e. The van der Waals surface area contributed by atoms with Crippen LogP contribution in [0.4, 0.5) is 5.69 Å². The average molecular weight is 420 g/mol. The number of carbonyl (C=O) groups is 2. The molecule has 0 saturated heterocycles. The van der Waals surface area contributed by atoms with E-state index in [2.05, 4.69) is 10.3 Å². The molecule has 1 aliphatic heterocycles. The van der Waals surface area contributed by atoms with Crippen LogP contribution in [0.15, 0.2) is 71.0 Å². The normalized spacial score (nSPS) is 15.9. The van der Waals surface area contributed by atoms with Crippen molar-refractivity contribution in [3.63, 3.8) is 0 Å². The average Bonchev–Trinajstić information content (AvgIpc) is 3.31. The van der Waals surface area contributed by atoms with E-state index < -0.39 is 12.3 Å². The fraction of sp³-hybridized carbons (Fsp3) is 0.174. The van der Waals surface area contributed by atoms with Gasteiger partial charge in [-0.05, 0) is 41.6 Å². The van der Waals surface area contributed by atoms with E-state index in [1.54, 1.807) is 23.5 Å². The molecule has 1 aliphatic rings. The van der Waals surface area contributed by atoms with Gasteiger partial charge in [-0.15, -0.1) is 11.3 Å². The van der Waals surface area contributed by atoms with Crippen LogP contribution in [0.2, 0.25) is 0 Å². The molecule has 152 valence electrons. The Bertz CT molecular complexity index is 1090. The number of rotatable bonds is 6.